The fraction of sp³-hybridized carbons (Fsp3) is 0.560. The summed E-state index contributed by atoms with van der Waals surface area (Å²) in [6.07, 6.45) is 4.07. The number of nitrogens with two attached hydrogens (primary N) is 3. The molecule has 0 spiro atoms. The first kappa shape index (κ1) is 35.5. The van der Waals surface area contributed by atoms with Crippen LogP contribution in [0.1, 0.15) is 58.9 Å². The molecule has 0 aliphatic carbocycles. The second kappa shape index (κ2) is 17.7. The molecule has 1 rings (SSSR count). The molecule has 5 amide bonds. The van der Waals surface area contributed by atoms with Gasteiger partial charge in [0.05, 0.1) is 11.5 Å². The molecule has 1 aromatic rings. The average Bonchev–Trinajstić information content (AvgIpc) is 2.77. The molecule has 38 heavy (non-hydrogen) atoms. The van der Waals surface area contributed by atoms with E-state index in [4.69, 9.17) is 17.2 Å². The Hall–Kier alpha value is -4.67. The van der Waals surface area contributed by atoms with Crippen molar-refractivity contribution < 1.29 is 29.1 Å². The Morgan fingerprint density at radius 2 is 1.63 bits per heavy atom. The molecule has 0 bridgehead atoms. The number of hydrogen-bond donors (Lipinski definition) is 7. The van der Waals surface area contributed by atoms with E-state index in [0.29, 0.717) is 44.3 Å². The minimum absolute atomic E-state index is 0. The zero-order valence-corrected chi connectivity index (χ0v) is 24.7. The van der Waals surface area contributed by atoms with Gasteiger partial charge in [0, 0.05) is 24.7 Å². The van der Waals surface area contributed by atoms with E-state index in [1.165, 1.54) is 6.41 Å². The number of primary amides is 2. The molecule has 0 saturated heterocycles. The van der Waals surface area contributed by atoms with E-state index in [0.717, 1.165) is 5.56 Å². The van der Waals surface area contributed by atoms with Crippen LogP contribution in [0, 0.1) is 11.3 Å². The van der Waals surface area contributed by atoms with Crippen LogP contribution in [0.5, 0.6) is 0 Å². The Labute approximate surface area is 218 Å². The molecular formula is C25H41FmN6O6-. The van der Waals surface area contributed by atoms with Crippen LogP contribution in [0.3, 0.4) is 0 Å². The molecule has 0 aliphatic rings. The van der Waals surface area contributed by atoms with Crippen LogP contribution in [0.15, 0.2) is 24.3 Å². The second-order valence-corrected chi connectivity index (χ2v) is 9.72. The van der Waals surface area contributed by atoms with Gasteiger partial charge in [0.25, 0.3) is 0 Å². The Kier molecular flexibility index (Phi) is 16.5. The van der Waals surface area contributed by atoms with Gasteiger partial charge in [-0.1, -0.05) is 26.0 Å². The maximum absolute atomic E-state index is 11.9. The predicted molar refractivity (Wildman–Crippen MR) is 141 cm³/mol. The topological polar surface area (TPSA) is 220 Å². The summed E-state index contributed by atoms with van der Waals surface area (Å²) in [7, 11) is 0. The first-order chi connectivity index (χ1) is 17.2. The normalized spacial score (nSPS) is 12.1. The largest absolute Gasteiger partial charge is 0.520 e. The maximum Gasteiger partial charge on any atom is 0.312 e. The van der Waals surface area contributed by atoms with Gasteiger partial charge in [-0.05, 0) is 63.1 Å². The number of rotatable bonds is 15. The molecule has 12 nitrogen and oxygen atoms in total. The van der Waals surface area contributed by atoms with Gasteiger partial charge in [-0.2, -0.15) is 6.41 Å². The number of nitrogens with one attached hydrogen (secondary N) is 3. The first-order valence-corrected chi connectivity index (χ1v) is 12.0. The Morgan fingerprint density at radius 3 is 2.05 bits per heavy atom. The molecule has 13 heteroatoms. The molecule has 2 atom stereocenters. The predicted octanol–water partition coefficient (Wildman–Crippen LogP) is 0.988. The van der Waals surface area contributed by atoms with E-state index < -0.39 is 29.4 Å². The molecule has 1 aromatic carbocycles. The molecule has 0 fully saturated rings. The summed E-state index contributed by atoms with van der Waals surface area (Å²) in [6.45, 7) is 7.37. The standard InChI is InChI=1S/C19H30N4O4.C6H11N2O2.Fm/c1-19(2,17(25)26)12-14(20)11-13-6-8-15(9-7-13)23-16(24)5-3-4-10-22-18(21)27;1-4(2)5(6(7)10)8-3-9;/h6-9,14H,3-5,10-12,20H2,1-2H3,(H,23,24)(H,25,26)(H3,21,22,27);4-5H,1-2H3,(H2,7,10)(H,8,9);/q;-1;. The third-order valence-corrected chi connectivity index (χ3v) is 5.40. The summed E-state index contributed by atoms with van der Waals surface area (Å²) in [6, 6.07) is 5.93. The minimum Gasteiger partial charge on any atom is -0.520 e. The fourth-order valence-corrected chi connectivity index (χ4v) is 3.32. The molecular weight excluding hydrogens is 737 g/mol. The fourth-order valence-electron chi connectivity index (χ4n) is 3.32. The Morgan fingerprint density at radius 1 is 1.05 bits per heavy atom. The van der Waals surface area contributed by atoms with Crippen molar-refractivity contribution in [2.75, 3.05) is 11.9 Å². The number of benzene rings is 1. The van der Waals surface area contributed by atoms with Crippen molar-refractivity contribution in [3.63, 3.8) is 0 Å². The minimum atomic E-state index is -0.861. The Balaban J connectivity index is 0. The molecule has 0 radical (unpaired) electrons. The van der Waals surface area contributed by atoms with Gasteiger partial charge in [0.1, 0.15) is 0 Å². The molecule has 2 unspecified atom stereocenters. The van der Waals surface area contributed by atoms with E-state index in [2.05, 4.69) is 16.0 Å². The van der Waals surface area contributed by atoms with E-state index in [1.54, 1.807) is 39.8 Å². The smallest absolute Gasteiger partial charge is 0.312 e. The van der Waals surface area contributed by atoms with E-state index in [1.807, 2.05) is 12.1 Å². The van der Waals surface area contributed by atoms with Gasteiger partial charge in [0.15, 0.2) is 0 Å². The van der Waals surface area contributed by atoms with Gasteiger partial charge in [-0.15, -0.1) is 0 Å². The van der Waals surface area contributed by atoms with Crippen molar-refractivity contribution in [3.05, 3.63) is 29.8 Å². The summed E-state index contributed by atoms with van der Waals surface area (Å²) in [5.74, 6) is -1.47. The van der Waals surface area contributed by atoms with Gasteiger partial charge in [-0.25, -0.2) is 4.79 Å². The summed E-state index contributed by atoms with van der Waals surface area (Å²) in [5, 5.41) is 16.7. The van der Waals surface area contributed by atoms with Crippen molar-refractivity contribution >= 4 is 35.9 Å². The number of urea groups is 1. The number of carbonyl (C=O) groups is 4. The first-order valence-electron chi connectivity index (χ1n) is 12.0. The van der Waals surface area contributed by atoms with E-state index in [-0.39, 0.29) is 17.9 Å². The number of unbranched alkanes of at least 4 members (excludes halogenated alkanes) is 1. The van der Waals surface area contributed by atoms with Gasteiger partial charge < -0.3 is 43.1 Å². The molecule has 0 saturated carbocycles. The van der Waals surface area contributed by atoms with Crippen LogP contribution in [-0.2, 0) is 25.6 Å². The van der Waals surface area contributed by atoms with Crippen LogP contribution < -0.4 is 33.2 Å². The van der Waals surface area contributed by atoms with Crippen LogP contribution >= 0.6 is 0 Å². The van der Waals surface area contributed by atoms with Crippen molar-refractivity contribution in [1.29, 1.82) is 0 Å². The van der Waals surface area contributed by atoms with Crippen molar-refractivity contribution in [2.24, 2.45) is 28.5 Å². The number of aliphatic carboxylic acids is 1. The number of carboxylic acids is 1. The van der Waals surface area contributed by atoms with Crippen LogP contribution in [0.25, 0.3) is 0 Å². The monoisotopic (exact) mass is 778 g/mol. The quantitative estimate of drug-likeness (QED) is 0.0777. The number of carboxylic acid groups (broad SMARTS) is 1. The van der Waals surface area contributed by atoms with Crippen molar-refractivity contribution in [1.82, 2.24) is 10.6 Å². The summed E-state index contributed by atoms with van der Waals surface area (Å²) >= 11 is 0. The Bertz CT molecular complexity index is 895. The number of anilines is 1. The number of carbonyl (C=O) groups excluding carboxylic acids is 4. The summed E-state index contributed by atoms with van der Waals surface area (Å²) in [5.41, 5.74) is 16.8. The maximum atomic E-state index is 11.9. The van der Waals surface area contributed by atoms with Crippen molar-refractivity contribution in [2.45, 2.75) is 71.9 Å². The zero-order chi connectivity index (χ0) is 28.6. The van der Waals surface area contributed by atoms with Crippen LogP contribution in [-0.4, -0.2) is 54.0 Å². The molecule has 220 valence electrons. The van der Waals surface area contributed by atoms with E-state index in [9.17, 15) is 29.1 Å². The molecule has 0 aromatic heterocycles. The van der Waals surface area contributed by atoms with Crippen LogP contribution in [0.4, 0.5) is 10.5 Å². The van der Waals surface area contributed by atoms with Gasteiger partial charge >= 0.3 is 12.0 Å². The second-order valence-electron chi connectivity index (χ2n) is 9.72. The van der Waals surface area contributed by atoms with Gasteiger partial charge in [-0.3, -0.25) is 14.4 Å². The number of hydrogen-bond acceptors (Lipinski definition) is 6. The molecule has 0 heterocycles. The SMILES string of the molecule is CC(C)(CC(N)Cc1ccc(NC(=O)CCCCNC(N)=O)cc1)C(=O)O.CC(C)C(N[C-]=O)C(N)=O.[Fm]. The van der Waals surface area contributed by atoms with Crippen LogP contribution in [0.2, 0.25) is 0 Å². The number of amides is 5. The third kappa shape index (κ3) is 15.4. The van der Waals surface area contributed by atoms with E-state index >= 15 is 0 Å². The summed E-state index contributed by atoms with van der Waals surface area (Å²) < 4.78 is 0. The van der Waals surface area contributed by atoms with Gasteiger partial charge in [0.2, 0.25) is 11.8 Å². The summed E-state index contributed by atoms with van der Waals surface area (Å²) in [4.78, 5) is 53.9. The third-order valence-electron chi connectivity index (χ3n) is 5.40. The molecule has 10 N–H and O–H groups in total. The molecule has 0 aliphatic heterocycles. The zero-order valence-electron chi connectivity index (χ0n) is 22.3. The van der Waals surface area contributed by atoms with Crippen molar-refractivity contribution in [3.8, 4) is 0 Å². The average molecular weight is 779 g/mol.